The molecule has 0 bridgehead atoms. The molecule has 1 unspecified atom stereocenters. The Hall–Kier alpha value is -3.29. The SMILES string of the molecule is CNC(=O)Oc1cccc(NC(=O)C(C)NC(=O)c2ccco2)c1. The zero-order valence-electron chi connectivity index (χ0n) is 13.2. The van der Waals surface area contributed by atoms with E-state index >= 15 is 0 Å². The molecule has 8 heteroatoms. The van der Waals surface area contributed by atoms with Crippen LogP contribution in [-0.2, 0) is 4.79 Å². The van der Waals surface area contributed by atoms with Crippen LogP contribution in [-0.4, -0.2) is 31.0 Å². The van der Waals surface area contributed by atoms with Gasteiger partial charge in [-0.3, -0.25) is 9.59 Å². The lowest BCUT2D eigenvalue weighted by atomic mass is 10.2. The fourth-order valence-corrected chi connectivity index (χ4v) is 1.79. The number of amides is 3. The molecule has 0 radical (unpaired) electrons. The van der Waals surface area contributed by atoms with Crippen molar-refractivity contribution in [3.63, 3.8) is 0 Å². The van der Waals surface area contributed by atoms with Crippen LogP contribution in [0.15, 0.2) is 47.1 Å². The molecule has 126 valence electrons. The van der Waals surface area contributed by atoms with Crippen molar-refractivity contribution in [3.05, 3.63) is 48.4 Å². The second-order valence-electron chi connectivity index (χ2n) is 4.83. The van der Waals surface area contributed by atoms with Gasteiger partial charge in [-0.1, -0.05) is 6.07 Å². The molecule has 0 spiro atoms. The van der Waals surface area contributed by atoms with E-state index in [1.807, 2.05) is 0 Å². The average Bonchev–Trinajstić information content (AvgIpc) is 3.09. The highest BCUT2D eigenvalue weighted by Gasteiger charge is 2.18. The molecule has 8 nitrogen and oxygen atoms in total. The van der Waals surface area contributed by atoms with E-state index in [0.717, 1.165) is 0 Å². The number of hydrogen-bond donors (Lipinski definition) is 3. The Labute approximate surface area is 138 Å². The summed E-state index contributed by atoms with van der Waals surface area (Å²) in [4.78, 5) is 35.1. The van der Waals surface area contributed by atoms with Gasteiger partial charge in [-0.15, -0.1) is 0 Å². The zero-order valence-corrected chi connectivity index (χ0v) is 13.2. The Morgan fingerprint density at radius 3 is 2.62 bits per heavy atom. The Bertz CT molecular complexity index is 727. The van der Waals surface area contributed by atoms with E-state index in [1.165, 1.54) is 25.4 Å². The van der Waals surface area contributed by atoms with E-state index in [1.54, 1.807) is 31.2 Å². The molecule has 24 heavy (non-hydrogen) atoms. The minimum Gasteiger partial charge on any atom is -0.459 e. The highest BCUT2D eigenvalue weighted by molar-refractivity contribution is 5.99. The first-order valence-electron chi connectivity index (χ1n) is 7.14. The topological polar surface area (TPSA) is 110 Å². The number of nitrogens with one attached hydrogen (secondary N) is 3. The summed E-state index contributed by atoms with van der Waals surface area (Å²) in [6.07, 6.45) is 0.759. The first-order chi connectivity index (χ1) is 11.5. The average molecular weight is 331 g/mol. The highest BCUT2D eigenvalue weighted by atomic mass is 16.5. The summed E-state index contributed by atoms with van der Waals surface area (Å²) in [5.41, 5.74) is 0.431. The summed E-state index contributed by atoms with van der Waals surface area (Å²) in [7, 11) is 1.44. The Morgan fingerprint density at radius 2 is 1.96 bits per heavy atom. The smallest absolute Gasteiger partial charge is 0.412 e. The van der Waals surface area contributed by atoms with Crippen LogP contribution in [0.3, 0.4) is 0 Å². The van der Waals surface area contributed by atoms with Crippen molar-refractivity contribution in [2.24, 2.45) is 0 Å². The molecular weight excluding hydrogens is 314 g/mol. The van der Waals surface area contributed by atoms with Crippen molar-refractivity contribution in [2.45, 2.75) is 13.0 Å². The fraction of sp³-hybridized carbons (Fsp3) is 0.188. The summed E-state index contributed by atoms with van der Waals surface area (Å²) in [5, 5.41) is 7.47. The van der Waals surface area contributed by atoms with Gasteiger partial charge in [-0.2, -0.15) is 0 Å². The van der Waals surface area contributed by atoms with Gasteiger partial charge in [-0.05, 0) is 31.2 Å². The number of hydrogen-bond acceptors (Lipinski definition) is 5. The highest BCUT2D eigenvalue weighted by Crippen LogP contribution is 2.17. The molecule has 0 saturated carbocycles. The zero-order chi connectivity index (χ0) is 17.5. The van der Waals surface area contributed by atoms with Crippen LogP contribution in [0.5, 0.6) is 5.75 Å². The molecule has 0 aliphatic carbocycles. The van der Waals surface area contributed by atoms with Crippen molar-refractivity contribution < 1.29 is 23.5 Å². The maximum absolute atomic E-state index is 12.1. The molecule has 2 aromatic rings. The predicted octanol–water partition coefficient (Wildman–Crippen LogP) is 1.75. The first kappa shape index (κ1) is 17.1. The third-order valence-corrected chi connectivity index (χ3v) is 3.00. The van der Waals surface area contributed by atoms with Crippen LogP contribution in [0.2, 0.25) is 0 Å². The van der Waals surface area contributed by atoms with Crippen LogP contribution in [0.4, 0.5) is 10.5 Å². The second kappa shape index (κ2) is 7.82. The molecule has 3 amide bonds. The van der Waals surface area contributed by atoms with Crippen LogP contribution in [0, 0.1) is 0 Å². The number of benzene rings is 1. The third kappa shape index (κ3) is 4.60. The molecule has 1 atom stereocenters. The minimum absolute atomic E-state index is 0.121. The van der Waals surface area contributed by atoms with Crippen molar-refractivity contribution in [1.29, 1.82) is 0 Å². The lowest BCUT2D eigenvalue weighted by molar-refractivity contribution is -0.117. The van der Waals surface area contributed by atoms with Gasteiger partial charge in [0.2, 0.25) is 5.91 Å². The van der Waals surface area contributed by atoms with Crippen LogP contribution in [0.25, 0.3) is 0 Å². The summed E-state index contributed by atoms with van der Waals surface area (Å²) < 4.78 is 9.94. The van der Waals surface area contributed by atoms with Gasteiger partial charge in [0.05, 0.1) is 6.26 Å². The lowest BCUT2D eigenvalue weighted by Gasteiger charge is -2.14. The number of furan rings is 1. The molecule has 1 heterocycles. The number of carbonyl (C=O) groups excluding carboxylic acids is 3. The summed E-state index contributed by atoms with van der Waals surface area (Å²) >= 11 is 0. The molecule has 0 fully saturated rings. The van der Waals surface area contributed by atoms with E-state index in [2.05, 4.69) is 16.0 Å². The van der Waals surface area contributed by atoms with E-state index in [9.17, 15) is 14.4 Å². The quantitative estimate of drug-likeness (QED) is 0.773. The maximum atomic E-state index is 12.1. The standard InChI is InChI=1S/C16H17N3O5/c1-10(18-15(21)13-7-4-8-23-13)14(20)19-11-5-3-6-12(9-11)24-16(22)17-2/h3-10H,1-2H3,(H,17,22)(H,18,21)(H,19,20). The molecule has 3 N–H and O–H groups in total. The lowest BCUT2D eigenvalue weighted by Crippen LogP contribution is -2.41. The van der Waals surface area contributed by atoms with Gasteiger partial charge in [-0.25, -0.2) is 4.79 Å². The number of rotatable bonds is 5. The number of anilines is 1. The summed E-state index contributed by atoms with van der Waals surface area (Å²) in [6.45, 7) is 1.54. The second-order valence-corrected chi connectivity index (χ2v) is 4.83. The molecule has 1 aromatic carbocycles. The third-order valence-electron chi connectivity index (χ3n) is 3.00. The van der Waals surface area contributed by atoms with Crippen molar-refractivity contribution in [2.75, 3.05) is 12.4 Å². The number of carbonyl (C=O) groups is 3. The molecule has 1 aromatic heterocycles. The monoisotopic (exact) mass is 331 g/mol. The molecular formula is C16H17N3O5. The fourth-order valence-electron chi connectivity index (χ4n) is 1.79. The van der Waals surface area contributed by atoms with Crippen molar-refractivity contribution in [3.8, 4) is 5.75 Å². The van der Waals surface area contributed by atoms with Gasteiger partial charge < -0.3 is 25.1 Å². The van der Waals surface area contributed by atoms with Crippen LogP contribution >= 0.6 is 0 Å². The van der Waals surface area contributed by atoms with Crippen LogP contribution < -0.4 is 20.7 Å². The Morgan fingerprint density at radius 1 is 1.17 bits per heavy atom. The van der Waals surface area contributed by atoms with E-state index in [0.29, 0.717) is 5.69 Å². The van der Waals surface area contributed by atoms with E-state index in [-0.39, 0.29) is 11.5 Å². The van der Waals surface area contributed by atoms with Crippen molar-refractivity contribution >= 4 is 23.6 Å². The van der Waals surface area contributed by atoms with Gasteiger partial charge in [0.25, 0.3) is 5.91 Å². The Kier molecular flexibility index (Phi) is 5.56. The van der Waals surface area contributed by atoms with E-state index < -0.39 is 23.9 Å². The normalized spacial score (nSPS) is 11.2. The predicted molar refractivity (Wildman–Crippen MR) is 85.8 cm³/mol. The largest absolute Gasteiger partial charge is 0.459 e. The first-order valence-corrected chi connectivity index (χ1v) is 7.14. The molecule has 2 rings (SSSR count). The molecule has 0 saturated heterocycles. The minimum atomic E-state index is -0.786. The summed E-state index contributed by atoms with van der Waals surface area (Å²) in [6, 6.07) is 8.62. The van der Waals surface area contributed by atoms with Gasteiger partial charge in [0.15, 0.2) is 5.76 Å². The maximum Gasteiger partial charge on any atom is 0.412 e. The van der Waals surface area contributed by atoms with Gasteiger partial charge >= 0.3 is 6.09 Å². The van der Waals surface area contributed by atoms with Crippen LogP contribution in [0.1, 0.15) is 17.5 Å². The van der Waals surface area contributed by atoms with Crippen molar-refractivity contribution in [1.82, 2.24) is 10.6 Å². The van der Waals surface area contributed by atoms with Gasteiger partial charge in [0, 0.05) is 18.8 Å². The Balaban J connectivity index is 1.94. The van der Waals surface area contributed by atoms with E-state index in [4.69, 9.17) is 9.15 Å². The molecule has 0 aliphatic heterocycles. The summed E-state index contributed by atoms with van der Waals surface area (Å²) in [5.74, 6) is -0.513. The van der Waals surface area contributed by atoms with Gasteiger partial charge in [0.1, 0.15) is 11.8 Å². The molecule has 0 aliphatic rings. The number of ether oxygens (including phenoxy) is 1.